The Balaban J connectivity index is 2.12. The quantitative estimate of drug-likeness (QED) is 0.709. The number of hydrogen-bond acceptors (Lipinski definition) is 2. The Hall–Kier alpha value is -1.42. The number of halogens is 1. The molecule has 0 radical (unpaired) electrons. The summed E-state index contributed by atoms with van der Waals surface area (Å²) in [5.74, 6) is -0.181. The van der Waals surface area contributed by atoms with Crippen molar-refractivity contribution in [3.05, 3.63) is 35.6 Å². The van der Waals surface area contributed by atoms with Crippen LogP contribution in [0.1, 0.15) is 32.3 Å². The Labute approximate surface area is 114 Å². The molecule has 0 aliphatic rings. The topological polar surface area (TPSA) is 41.1 Å². The summed E-state index contributed by atoms with van der Waals surface area (Å²) >= 11 is 0. The van der Waals surface area contributed by atoms with E-state index in [1.807, 2.05) is 0 Å². The fourth-order valence-corrected chi connectivity index (χ4v) is 1.77. The highest BCUT2D eigenvalue weighted by Gasteiger charge is 2.03. The molecule has 0 heterocycles. The molecule has 4 heteroatoms. The largest absolute Gasteiger partial charge is 0.356 e. The van der Waals surface area contributed by atoms with Crippen LogP contribution in [0.3, 0.4) is 0 Å². The molecule has 0 aromatic heterocycles. The summed E-state index contributed by atoms with van der Waals surface area (Å²) < 4.78 is 13.3. The first-order valence-electron chi connectivity index (χ1n) is 6.83. The van der Waals surface area contributed by atoms with Crippen LogP contribution in [0, 0.1) is 5.82 Å². The van der Waals surface area contributed by atoms with Crippen molar-refractivity contribution >= 4 is 5.91 Å². The second-order valence-corrected chi connectivity index (χ2v) is 4.90. The van der Waals surface area contributed by atoms with Crippen LogP contribution in [0.15, 0.2) is 24.3 Å². The van der Waals surface area contributed by atoms with Crippen LogP contribution in [-0.4, -0.2) is 25.0 Å². The second-order valence-electron chi connectivity index (χ2n) is 4.90. The van der Waals surface area contributed by atoms with Crippen LogP contribution in [0.5, 0.6) is 0 Å². The van der Waals surface area contributed by atoms with E-state index in [1.54, 1.807) is 18.2 Å². The van der Waals surface area contributed by atoms with Gasteiger partial charge in [-0.25, -0.2) is 4.39 Å². The molecule has 0 spiro atoms. The SMILES string of the molecule is CC(C)NCCCC(=O)NCCc1ccccc1F. The number of amides is 1. The maximum Gasteiger partial charge on any atom is 0.220 e. The number of carbonyl (C=O) groups is 1. The molecule has 0 saturated heterocycles. The van der Waals surface area contributed by atoms with E-state index in [1.165, 1.54) is 6.07 Å². The molecule has 1 rings (SSSR count). The van der Waals surface area contributed by atoms with Crippen LogP contribution >= 0.6 is 0 Å². The molecule has 0 aliphatic carbocycles. The smallest absolute Gasteiger partial charge is 0.220 e. The van der Waals surface area contributed by atoms with Gasteiger partial charge in [0.25, 0.3) is 0 Å². The number of rotatable bonds is 8. The lowest BCUT2D eigenvalue weighted by atomic mass is 10.1. The van der Waals surface area contributed by atoms with E-state index in [-0.39, 0.29) is 11.7 Å². The molecular weight excluding hydrogens is 243 g/mol. The predicted molar refractivity (Wildman–Crippen MR) is 75.5 cm³/mol. The fourth-order valence-electron chi connectivity index (χ4n) is 1.77. The van der Waals surface area contributed by atoms with E-state index < -0.39 is 0 Å². The normalized spacial score (nSPS) is 10.7. The van der Waals surface area contributed by atoms with Gasteiger partial charge in [0.15, 0.2) is 0 Å². The number of hydrogen-bond donors (Lipinski definition) is 2. The highest BCUT2D eigenvalue weighted by molar-refractivity contribution is 5.75. The van der Waals surface area contributed by atoms with Gasteiger partial charge in [-0.05, 0) is 31.0 Å². The predicted octanol–water partition coefficient (Wildman–Crippen LogP) is 2.26. The molecule has 106 valence electrons. The zero-order chi connectivity index (χ0) is 14.1. The van der Waals surface area contributed by atoms with Crippen molar-refractivity contribution in [3.8, 4) is 0 Å². The first kappa shape index (κ1) is 15.6. The third kappa shape index (κ3) is 6.91. The third-order valence-corrected chi connectivity index (χ3v) is 2.81. The summed E-state index contributed by atoms with van der Waals surface area (Å²) in [6.45, 7) is 5.48. The van der Waals surface area contributed by atoms with Crippen molar-refractivity contribution in [1.82, 2.24) is 10.6 Å². The Bertz CT molecular complexity index is 393. The lowest BCUT2D eigenvalue weighted by Crippen LogP contribution is -2.28. The van der Waals surface area contributed by atoms with E-state index >= 15 is 0 Å². The van der Waals surface area contributed by atoms with Crippen LogP contribution in [0.2, 0.25) is 0 Å². The summed E-state index contributed by atoms with van der Waals surface area (Å²) in [5, 5.41) is 6.07. The van der Waals surface area contributed by atoms with Crippen molar-refractivity contribution < 1.29 is 9.18 Å². The Morgan fingerprint density at radius 2 is 2.00 bits per heavy atom. The maximum absolute atomic E-state index is 13.3. The van der Waals surface area contributed by atoms with Crippen LogP contribution in [-0.2, 0) is 11.2 Å². The van der Waals surface area contributed by atoms with Gasteiger partial charge in [-0.15, -0.1) is 0 Å². The minimum Gasteiger partial charge on any atom is -0.356 e. The Kier molecular flexibility index (Phi) is 7.11. The summed E-state index contributed by atoms with van der Waals surface area (Å²) in [7, 11) is 0. The zero-order valence-electron chi connectivity index (χ0n) is 11.7. The van der Waals surface area contributed by atoms with Crippen molar-refractivity contribution in [2.24, 2.45) is 0 Å². The number of carbonyl (C=O) groups excluding carboxylic acids is 1. The van der Waals surface area contributed by atoms with Gasteiger partial charge in [0.2, 0.25) is 5.91 Å². The first-order valence-corrected chi connectivity index (χ1v) is 6.83. The lowest BCUT2D eigenvalue weighted by Gasteiger charge is -2.08. The van der Waals surface area contributed by atoms with Gasteiger partial charge in [-0.1, -0.05) is 32.0 Å². The molecule has 1 aromatic rings. The molecule has 3 nitrogen and oxygen atoms in total. The lowest BCUT2D eigenvalue weighted by molar-refractivity contribution is -0.121. The standard InChI is InChI=1S/C15H23FN2O/c1-12(2)17-10-5-8-15(19)18-11-9-13-6-3-4-7-14(13)16/h3-4,6-7,12,17H,5,8-11H2,1-2H3,(H,18,19). The van der Waals surface area contributed by atoms with Gasteiger partial charge in [0.05, 0.1) is 0 Å². The van der Waals surface area contributed by atoms with Crippen LogP contribution in [0.25, 0.3) is 0 Å². The van der Waals surface area contributed by atoms with Crippen molar-refractivity contribution in [3.63, 3.8) is 0 Å². The second kappa shape index (κ2) is 8.64. The van der Waals surface area contributed by atoms with E-state index in [0.717, 1.165) is 13.0 Å². The van der Waals surface area contributed by atoms with Crippen LogP contribution in [0.4, 0.5) is 4.39 Å². The van der Waals surface area contributed by atoms with Gasteiger partial charge < -0.3 is 10.6 Å². The molecule has 19 heavy (non-hydrogen) atoms. The average Bonchev–Trinajstić information content (AvgIpc) is 2.37. The van der Waals surface area contributed by atoms with Crippen molar-refractivity contribution in [1.29, 1.82) is 0 Å². The summed E-state index contributed by atoms with van der Waals surface area (Å²) in [6.07, 6.45) is 1.86. The van der Waals surface area contributed by atoms with Crippen molar-refractivity contribution in [2.75, 3.05) is 13.1 Å². The maximum atomic E-state index is 13.3. The monoisotopic (exact) mass is 266 g/mol. The minimum atomic E-state index is -0.210. The van der Waals surface area contributed by atoms with Gasteiger partial charge in [0, 0.05) is 19.0 Å². The van der Waals surface area contributed by atoms with Gasteiger partial charge in [-0.2, -0.15) is 0 Å². The van der Waals surface area contributed by atoms with Crippen LogP contribution < -0.4 is 10.6 Å². The van der Waals surface area contributed by atoms with E-state index in [9.17, 15) is 9.18 Å². The van der Waals surface area contributed by atoms with E-state index in [2.05, 4.69) is 24.5 Å². The molecule has 2 N–H and O–H groups in total. The highest BCUT2D eigenvalue weighted by atomic mass is 19.1. The van der Waals surface area contributed by atoms with Crippen molar-refractivity contribution in [2.45, 2.75) is 39.2 Å². The molecule has 0 saturated carbocycles. The summed E-state index contributed by atoms with van der Waals surface area (Å²) in [4.78, 5) is 11.5. The molecule has 0 fully saturated rings. The zero-order valence-corrected chi connectivity index (χ0v) is 11.7. The molecule has 0 atom stereocenters. The van der Waals surface area contributed by atoms with Gasteiger partial charge in [-0.3, -0.25) is 4.79 Å². The average molecular weight is 266 g/mol. The van der Waals surface area contributed by atoms with Gasteiger partial charge in [0.1, 0.15) is 5.82 Å². The Morgan fingerprint density at radius 1 is 1.26 bits per heavy atom. The number of nitrogens with one attached hydrogen (secondary N) is 2. The Morgan fingerprint density at radius 3 is 2.68 bits per heavy atom. The third-order valence-electron chi connectivity index (χ3n) is 2.81. The summed E-state index contributed by atoms with van der Waals surface area (Å²) in [5.41, 5.74) is 0.643. The highest BCUT2D eigenvalue weighted by Crippen LogP contribution is 2.06. The van der Waals surface area contributed by atoms with E-state index in [4.69, 9.17) is 0 Å². The molecule has 0 bridgehead atoms. The first-order chi connectivity index (χ1) is 9.09. The molecule has 0 aliphatic heterocycles. The molecule has 1 amide bonds. The molecule has 1 aromatic carbocycles. The fraction of sp³-hybridized carbons (Fsp3) is 0.533. The number of benzene rings is 1. The molecule has 0 unspecified atom stereocenters. The van der Waals surface area contributed by atoms with E-state index in [0.29, 0.717) is 31.0 Å². The van der Waals surface area contributed by atoms with Gasteiger partial charge >= 0.3 is 0 Å². The summed E-state index contributed by atoms with van der Waals surface area (Å²) in [6, 6.07) is 7.10. The minimum absolute atomic E-state index is 0.0295. The molecular formula is C15H23FN2O.